The highest BCUT2D eigenvalue weighted by Gasteiger charge is 2.19. The number of anilines is 2. The van der Waals surface area contributed by atoms with Crippen molar-refractivity contribution >= 4 is 29.2 Å². The van der Waals surface area contributed by atoms with Gasteiger partial charge in [-0.15, -0.1) is 0 Å². The zero-order valence-corrected chi connectivity index (χ0v) is 9.74. The minimum atomic E-state index is -3.25. The average molecular weight is 272 g/mol. The van der Waals surface area contributed by atoms with Gasteiger partial charge in [0, 0.05) is 12.6 Å². The van der Waals surface area contributed by atoms with Crippen molar-refractivity contribution in [3.05, 3.63) is 23.8 Å². The summed E-state index contributed by atoms with van der Waals surface area (Å²) in [4.78, 5) is 32.6. The van der Waals surface area contributed by atoms with E-state index >= 15 is 0 Å². The first-order chi connectivity index (χ1) is 8.81. The number of alkyl halides is 2. The van der Waals surface area contributed by atoms with Crippen LogP contribution in [0.15, 0.2) is 18.2 Å². The van der Waals surface area contributed by atoms with Crippen LogP contribution in [0.1, 0.15) is 17.3 Å². The number of nitrogens with one attached hydrogen (secondary N) is 2. The third kappa shape index (κ3) is 4.02. The Hall–Kier alpha value is -2.51. The third-order valence-electron chi connectivity index (χ3n) is 2.03. The van der Waals surface area contributed by atoms with E-state index < -0.39 is 29.8 Å². The molecule has 0 unspecified atom stereocenters. The highest BCUT2D eigenvalue weighted by molar-refractivity contribution is 6.02. The zero-order valence-electron chi connectivity index (χ0n) is 9.74. The molecule has 0 radical (unpaired) electrons. The second-order valence-corrected chi connectivity index (χ2v) is 3.54. The lowest BCUT2D eigenvalue weighted by molar-refractivity contribution is -0.126. The van der Waals surface area contributed by atoms with Gasteiger partial charge >= 0.3 is 12.4 Å². The lowest BCUT2D eigenvalue weighted by Gasteiger charge is -2.10. The van der Waals surface area contributed by atoms with Crippen LogP contribution in [0.25, 0.3) is 0 Å². The standard InChI is InChI=1S/C11H10F2N2O4/c1-5(16)14-6-2-3-8(7(4-6)11(18)19)15-10(17)9(12)13/h2-4,9H,1H3,(H,14,16)(H,15,17)(H,18,19). The summed E-state index contributed by atoms with van der Waals surface area (Å²) in [6.45, 7) is 1.23. The van der Waals surface area contributed by atoms with Gasteiger partial charge in [-0.1, -0.05) is 0 Å². The Morgan fingerprint density at radius 3 is 2.32 bits per heavy atom. The lowest BCUT2D eigenvalue weighted by Crippen LogP contribution is -2.21. The fourth-order valence-corrected chi connectivity index (χ4v) is 1.30. The van der Waals surface area contributed by atoms with Crippen molar-refractivity contribution in [3.8, 4) is 0 Å². The van der Waals surface area contributed by atoms with Crippen molar-refractivity contribution in [1.82, 2.24) is 0 Å². The summed E-state index contributed by atoms with van der Waals surface area (Å²) in [6.07, 6.45) is -3.25. The van der Waals surface area contributed by atoms with E-state index in [4.69, 9.17) is 5.11 Å². The molecule has 6 nitrogen and oxygen atoms in total. The number of hydrogen-bond acceptors (Lipinski definition) is 3. The van der Waals surface area contributed by atoms with E-state index in [9.17, 15) is 23.2 Å². The first-order valence-electron chi connectivity index (χ1n) is 5.05. The molecule has 102 valence electrons. The first-order valence-corrected chi connectivity index (χ1v) is 5.05. The van der Waals surface area contributed by atoms with Crippen LogP contribution in [-0.4, -0.2) is 29.3 Å². The van der Waals surface area contributed by atoms with Crippen LogP contribution < -0.4 is 10.6 Å². The summed E-state index contributed by atoms with van der Waals surface area (Å²) in [5.41, 5.74) is -0.493. The van der Waals surface area contributed by atoms with Gasteiger partial charge < -0.3 is 15.7 Å². The van der Waals surface area contributed by atoms with Gasteiger partial charge in [-0.25, -0.2) is 4.79 Å². The number of halogens is 2. The molecular weight excluding hydrogens is 262 g/mol. The van der Waals surface area contributed by atoms with Crippen LogP contribution in [0.4, 0.5) is 20.2 Å². The number of aromatic carboxylic acids is 1. The number of amides is 2. The van der Waals surface area contributed by atoms with Crippen LogP contribution in [-0.2, 0) is 9.59 Å². The highest BCUT2D eigenvalue weighted by Crippen LogP contribution is 2.21. The Labute approximate surface area is 106 Å². The summed E-state index contributed by atoms with van der Waals surface area (Å²) in [5.74, 6) is -3.44. The molecule has 1 aromatic rings. The van der Waals surface area contributed by atoms with Crippen molar-refractivity contribution in [1.29, 1.82) is 0 Å². The van der Waals surface area contributed by atoms with E-state index in [1.165, 1.54) is 13.0 Å². The van der Waals surface area contributed by atoms with Crippen LogP contribution in [0.5, 0.6) is 0 Å². The van der Waals surface area contributed by atoms with E-state index in [1.807, 2.05) is 0 Å². The number of carbonyl (C=O) groups excluding carboxylic acids is 2. The predicted octanol–water partition coefficient (Wildman–Crippen LogP) is 1.55. The molecule has 1 rings (SSSR count). The smallest absolute Gasteiger partial charge is 0.337 e. The van der Waals surface area contributed by atoms with E-state index in [0.717, 1.165) is 12.1 Å². The van der Waals surface area contributed by atoms with Gasteiger partial charge in [-0.3, -0.25) is 9.59 Å². The van der Waals surface area contributed by atoms with Gasteiger partial charge in [-0.05, 0) is 18.2 Å². The molecule has 3 N–H and O–H groups in total. The molecule has 0 saturated heterocycles. The molecule has 0 fully saturated rings. The predicted molar refractivity (Wildman–Crippen MR) is 62.3 cm³/mol. The van der Waals surface area contributed by atoms with Crippen LogP contribution in [0.2, 0.25) is 0 Å². The Morgan fingerprint density at radius 1 is 1.21 bits per heavy atom. The van der Waals surface area contributed by atoms with Crippen molar-refractivity contribution in [2.45, 2.75) is 13.3 Å². The molecule has 0 aliphatic rings. The SMILES string of the molecule is CC(=O)Nc1ccc(NC(=O)C(F)F)c(C(=O)O)c1. The molecule has 19 heavy (non-hydrogen) atoms. The highest BCUT2D eigenvalue weighted by atomic mass is 19.3. The maximum atomic E-state index is 12.1. The topological polar surface area (TPSA) is 95.5 Å². The third-order valence-corrected chi connectivity index (χ3v) is 2.03. The number of carbonyl (C=O) groups is 3. The molecule has 0 aliphatic carbocycles. The minimum absolute atomic E-state index is 0.181. The summed E-state index contributed by atoms with van der Waals surface area (Å²) < 4.78 is 24.2. The van der Waals surface area contributed by atoms with E-state index in [0.29, 0.717) is 0 Å². The fourth-order valence-electron chi connectivity index (χ4n) is 1.30. The Morgan fingerprint density at radius 2 is 1.84 bits per heavy atom. The van der Waals surface area contributed by atoms with Crippen molar-refractivity contribution in [2.24, 2.45) is 0 Å². The molecule has 0 heterocycles. The van der Waals surface area contributed by atoms with E-state index in [2.05, 4.69) is 5.32 Å². The van der Waals surface area contributed by atoms with Crippen molar-refractivity contribution in [3.63, 3.8) is 0 Å². The number of rotatable bonds is 4. The summed E-state index contributed by atoms with van der Waals surface area (Å²) >= 11 is 0. The number of hydrogen-bond donors (Lipinski definition) is 3. The second-order valence-electron chi connectivity index (χ2n) is 3.54. The molecule has 2 amide bonds. The maximum absolute atomic E-state index is 12.1. The fraction of sp³-hybridized carbons (Fsp3) is 0.182. The molecule has 0 spiro atoms. The zero-order chi connectivity index (χ0) is 14.6. The Bertz CT molecular complexity index is 531. The minimum Gasteiger partial charge on any atom is -0.478 e. The molecule has 1 aromatic carbocycles. The maximum Gasteiger partial charge on any atom is 0.337 e. The molecular formula is C11H10F2N2O4. The van der Waals surface area contributed by atoms with Gasteiger partial charge in [0.1, 0.15) is 0 Å². The molecule has 0 saturated carbocycles. The Kier molecular flexibility index (Phi) is 4.51. The number of benzene rings is 1. The van der Waals surface area contributed by atoms with Gasteiger partial charge in [0.05, 0.1) is 11.3 Å². The van der Waals surface area contributed by atoms with Crippen LogP contribution in [0.3, 0.4) is 0 Å². The molecule has 0 atom stereocenters. The van der Waals surface area contributed by atoms with Crippen molar-refractivity contribution in [2.75, 3.05) is 10.6 Å². The largest absolute Gasteiger partial charge is 0.478 e. The van der Waals surface area contributed by atoms with Crippen molar-refractivity contribution < 1.29 is 28.3 Å². The Balaban J connectivity index is 3.08. The summed E-state index contributed by atoms with van der Waals surface area (Å²) in [6, 6.07) is 3.47. The molecule has 0 aliphatic heterocycles. The summed E-state index contributed by atoms with van der Waals surface area (Å²) in [7, 11) is 0. The molecule has 0 aromatic heterocycles. The quantitative estimate of drug-likeness (QED) is 0.774. The molecule has 8 heteroatoms. The van der Waals surface area contributed by atoms with Gasteiger partial charge in [0.15, 0.2) is 0 Å². The van der Waals surface area contributed by atoms with Crippen LogP contribution >= 0.6 is 0 Å². The van der Waals surface area contributed by atoms with Gasteiger partial charge in [0.25, 0.3) is 5.91 Å². The van der Waals surface area contributed by atoms with E-state index in [-0.39, 0.29) is 11.4 Å². The monoisotopic (exact) mass is 272 g/mol. The number of carboxylic acid groups (broad SMARTS) is 1. The number of carboxylic acids is 1. The second kappa shape index (κ2) is 5.89. The van der Waals surface area contributed by atoms with E-state index in [1.54, 1.807) is 5.32 Å². The lowest BCUT2D eigenvalue weighted by atomic mass is 10.1. The average Bonchev–Trinajstić information content (AvgIpc) is 2.29. The molecule has 0 bridgehead atoms. The van der Waals surface area contributed by atoms with Crippen LogP contribution in [0, 0.1) is 0 Å². The first kappa shape index (κ1) is 14.6. The normalized spacial score (nSPS) is 10.1. The summed E-state index contributed by atoms with van der Waals surface area (Å²) in [5, 5.41) is 13.1. The van der Waals surface area contributed by atoms with Gasteiger partial charge in [0.2, 0.25) is 5.91 Å². The van der Waals surface area contributed by atoms with Gasteiger partial charge in [-0.2, -0.15) is 8.78 Å².